The molecule has 0 aromatic rings. The van der Waals surface area contributed by atoms with Gasteiger partial charge in [-0.25, -0.2) is 0 Å². The van der Waals surface area contributed by atoms with E-state index in [0.717, 1.165) is 37.7 Å². The molecule has 0 amide bonds. The van der Waals surface area contributed by atoms with Gasteiger partial charge in [0.15, 0.2) is 11.6 Å². The molecule has 4 rings (SSSR count). The molecule has 3 heteroatoms. The van der Waals surface area contributed by atoms with E-state index in [1.165, 1.54) is 5.57 Å². The fraction of sp³-hybridized carbons (Fsp3) is 0.727. The second kappa shape index (κ2) is 5.16. The van der Waals surface area contributed by atoms with Crippen LogP contribution in [0.2, 0.25) is 0 Å². The highest BCUT2D eigenvalue weighted by molar-refractivity contribution is 5.92. The highest BCUT2D eigenvalue weighted by atomic mass is 16.3. The lowest BCUT2D eigenvalue weighted by Gasteiger charge is -2.59. The van der Waals surface area contributed by atoms with Crippen molar-refractivity contribution in [2.45, 2.75) is 71.3 Å². The van der Waals surface area contributed by atoms with Gasteiger partial charge in [-0.3, -0.25) is 9.59 Å². The normalized spacial score (nSPS) is 49.1. The summed E-state index contributed by atoms with van der Waals surface area (Å²) in [6, 6.07) is 0. The number of Topliss-reactive ketones (excluding diaryl/α,β-unsaturated/α-hetero) is 1. The minimum atomic E-state index is -1.16. The van der Waals surface area contributed by atoms with Crippen LogP contribution in [0.3, 0.4) is 0 Å². The van der Waals surface area contributed by atoms with E-state index in [0.29, 0.717) is 30.6 Å². The molecule has 0 aromatic carbocycles. The molecule has 4 aliphatic rings. The first kappa shape index (κ1) is 17.2. The molecule has 3 saturated carbocycles. The van der Waals surface area contributed by atoms with Crippen molar-refractivity contribution in [1.82, 2.24) is 0 Å². The number of ketones is 2. The number of aliphatic hydroxyl groups is 1. The molecular weight excluding hydrogens is 312 g/mol. The monoisotopic (exact) mass is 342 g/mol. The Balaban J connectivity index is 1.75. The van der Waals surface area contributed by atoms with Crippen LogP contribution >= 0.6 is 0 Å². The summed E-state index contributed by atoms with van der Waals surface area (Å²) in [6.07, 6.45) is 7.77. The second-order valence-corrected chi connectivity index (χ2v) is 9.54. The molecule has 4 aliphatic carbocycles. The van der Waals surface area contributed by atoms with Crippen molar-refractivity contribution in [3.8, 4) is 0 Å². The predicted octanol–water partition coefficient (Wildman–Crippen LogP) is 4.00. The largest absolute Gasteiger partial charge is 0.382 e. The maximum Gasteiger partial charge on any atom is 0.161 e. The van der Waals surface area contributed by atoms with E-state index in [2.05, 4.69) is 20.4 Å². The van der Waals surface area contributed by atoms with Gasteiger partial charge in [-0.15, -0.1) is 0 Å². The third-order valence-corrected chi connectivity index (χ3v) is 8.66. The summed E-state index contributed by atoms with van der Waals surface area (Å²) in [5.74, 6) is 1.54. The van der Waals surface area contributed by atoms with Crippen molar-refractivity contribution in [3.63, 3.8) is 0 Å². The Morgan fingerprint density at radius 3 is 2.56 bits per heavy atom. The number of carbonyl (C=O) groups excluding carboxylic acids is 2. The van der Waals surface area contributed by atoms with E-state index in [-0.39, 0.29) is 22.4 Å². The molecule has 3 nitrogen and oxygen atoms in total. The zero-order valence-electron chi connectivity index (χ0n) is 15.7. The van der Waals surface area contributed by atoms with Gasteiger partial charge in [0, 0.05) is 11.8 Å². The van der Waals surface area contributed by atoms with Gasteiger partial charge < -0.3 is 5.11 Å². The van der Waals surface area contributed by atoms with Gasteiger partial charge in [0.1, 0.15) is 5.60 Å². The maximum absolute atomic E-state index is 12.3. The fourth-order valence-electron chi connectivity index (χ4n) is 7.16. The molecule has 0 spiro atoms. The SMILES string of the molecule is C=C1C[C@H]2[C@@H](CC[C@]3(C)[C@@H]2CC[C@@]3(O)C(C)=O)[C@]2(C)CCC(=O)C=C12. The lowest BCUT2D eigenvalue weighted by Crippen LogP contribution is -2.57. The Bertz CT molecular complexity index is 704. The molecule has 0 radical (unpaired) electrons. The first-order valence-electron chi connectivity index (χ1n) is 9.80. The van der Waals surface area contributed by atoms with Gasteiger partial charge in [0.25, 0.3) is 0 Å². The molecular formula is C22H30O3. The zero-order chi connectivity index (χ0) is 18.2. The minimum Gasteiger partial charge on any atom is -0.382 e. The predicted molar refractivity (Wildman–Crippen MR) is 96.9 cm³/mol. The highest BCUT2D eigenvalue weighted by Gasteiger charge is 2.65. The first-order valence-corrected chi connectivity index (χ1v) is 9.80. The van der Waals surface area contributed by atoms with Crippen molar-refractivity contribution in [2.24, 2.45) is 28.6 Å². The molecule has 0 heterocycles. The lowest BCUT2D eigenvalue weighted by atomic mass is 9.45. The maximum atomic E-state index is 12.3. The van der Waals surface area contributed by atoms with Gasteiger partial charge in [-0.05, 0) is 80.3 Å². The van der Waals surface area contributed by atoms with Crippen LogP contribution < -0.4 is 0 Å². The van der Waals surface area contributed by atoms with E-state index in [4.69, 9.17) is 0 Å². The van der Waals surface area contributed by atoms with E-state index in [1.807, 2.05) is 6.08 Å². The van der Waals surface area contributed by atoms with Gasteiger partial charge in [-0.2, -0.15) is 0 Å². The summed E-state index contributed by atoms with van der Waals surface area (Å²) >= 11 is 0. The number of hydrogen-bond acceptors (Lipinski definition) is 3. The first-order chi connectivity index (χ1) is 11.6. The number of allylic oxidation sites excluding steroid dienone is 2. The number of carbonyl (C=O) groups is 2. The molecule has 0 saturated heterocycles. The minimum absolute atomic E-state index is 0.0339. The number of hydrogen-bond donors (Lipinski definition) is 1. The molecule has 1 N–H and O–H groups in total. The van der Waals surface area contributed by atoms with Crippen molar-refractivity contribution >= 4 is 11.6 Å². The summed E-state index contributed by atoms with van der Waals surface area (Å²) < 4.78 is 0. The van der Waals surface area contributed by atoms with Crippen molar-refractivity contribution in [2.75, 3.05) is 0 Å². The van der Waals surface area contributed by atoms with E-state index in [1.54, 1.807) is 6.92 Å². The molecule has 3 fully saturated rings. The van der Waals surface area contributed by atoms with Crippen LogP contribution in [0.1, 0.15) is 65.7 Å². The van der Waals surface area contributed by atoms with Crippen LogP contribution in [-0.2, 0) is 9.59 Å². The molecule has 136 valence electrons. The summed E-state index contributed by atoms with van der Waals surface area (Å²) in [7, 11) is 0. The highest BCUT2D eigenvalue weighted by Crippen LogP contribution is 2.68. The third-order valence-electron chi connectivity index (χ3n) is 8.66. The molecule has 0 bridgehead atoms. The van der Waals surface area contributed by atoms with Gasteiger partial charge >= 0.3 is 0 Å². The molecule has 0 unspecified atom stereocenters. The molecule has 0 aliphatic heterocycles. The number of fused-ring (bicyclic) bond motifs is 5. The molecule has 25 heavy (non-hydrogen) atoms. The van der Waals surface area contributed by atoms with Crippen LogP contribution in [0.25, 0.3) is 0 Å². The lowest BCUT2D eigenvalue weighted by molar-refractivity contribution is -0.159. The quantitative estimate of drug-likeness (QED) is 0.783. The summed E-state index contributed by atoms with van der Waals surface area (Å²) in [4.78, 5) is 24.2. The zero-order valence-corrected chi connectivity index (χ0v) is 15.7. The Kier molecular flexibility index (Phi) is 3.55. The Morgan fingerprint density at radius 2 is 1.88 bits per heavy atom. The summed E-state index contributed by atoms with van der Waals surface area (Å²) in [6.45, 7) is 10.3. The van der Waals surface area contributed by atoms with Crippen molar-refractivity contribution in [3.05, 3.63) is 23.8 Å². The average molecular weight is 342 g/mol. The van der Waals surface area contributed by atoms with Crippen molar-refractivity contribution < 1.29 is 14.7 Å². The summed E-state index contributed by atoms with van der Waals surface area (Å²) in [5.41, 5.74) is 0.852. The third kappa shape index (κ3) is 2.02. The van der Waals surface area contributed by atoms with Gasteiger partial charge in [-0.1, -0.05) is 26.0 Å². The van der Waals surface area contributed by atoms with E-state index in [9.17, 15) is 14.7 Å². The standard InChI is InChI=1S/C22H30O3/c1-13-11-16-17(20(3)8-5-15(24)12-19(13)20)6-9-21(4)18(16)7-10-22(21,25)14(2)23/h12,16-18,25H,1,5-11H2,2-4H3/t16-,17+,18+,20-,21+,22+/m0/s1. The van der Waals surface area contributed by atoms with E-state index >= 15 is 0 Å². The van der Waals surface area contributed by atoms with E-state index < -0.39 is 5.60 Å². The topological polar surface area (TPSA) is 54.4 Å². The van der Waals surface area contributed by atoms with Crippen LogP contribution in [0, 0.1) is 28.6 Å². The van der Waals surface area contributed by atoms with Gasteiger partial charge in [0.2, 0.25) is 0 Å². The van der Waals surface area contributed by atoms with Gasteiger partial charge in [0.05, 0.1) is 0 Å². The van der Waals surface area contributed by atoms with Crippen LogP contribution in [0.15, 0.2) is 23.8 Å². The molecule has 0 aromatic heterocycles. The van der Waals surface area contributed by atoms with Crippen LogP contribution in [-0.4, -0.2) is 22.3 Å². The Hall–Kier alpha value is -1.22. The second-order valence-electron chi connectivity index (χ2n) is 9.54. The Morgan fingerprint density at radius 1 is 1.20 bits per heavy atom. The van der Waals surface area contributed by atoms with Crippen molar-refractivity contribution in [1.29, 1.82) is 0 Å². The smallest absolute Gasteiger partial charge is 0.161 e. The number of rotatable bonds is 1. The van der Waals surface area contributed by atoms with Crippen LogP contribution in [0.5, 0.6) is 0 Å². The van der Waals surface area contributed by atoms with Crippen LogP contribution in [0.4, 0.5) is 0 Å². The molecule has 6 atom stereocenters. The summed E-state index contributed by atoms with van der Waals surface area (Å²) in [5, 5.41) is 11.2. The Labute approximate surface area is 150 Å². The average Bonchev–Trinajstić information content (AvgIpc) is 2.83. The fourth-order valence-corrected chi connectivity index (χ4v) is 7.16.